The molecule has 1 fully saturated rings. The SMILES string of the molecule is CC(C)c1cnc(COc2ccc3cccc(N4CCN(C)CC4)c3c2)o1. The maximum absolute atomic E-state index is 5.97. The first-order chi connectivity index (χ1) is 13.1. The third-order valence-corrected chi connectivity index (χ3v) is 5.18. The lowest BCUT2D eigenvalue weighted by atomic mass is 10.1. The Morgan fingerprint density at radius 3 is 2.67 bits per heavy atom. The van der Waals surface area contributed by atoms with Gasteiger partial charge in [0.2, 0.25) is 5.89 Å². The highest BCUT2D eigenvalue weighted by molar-refractivity contribution is 5.95. The highest BCUT2D eigenvalue weighted by Crippen LogP contribution is 2.31. The molecule has 0 bridgehead atoms. The van der Waals surface area contributed by atoms with Crippen LogP contribution in [0.2, 0.25) is 0 Å². The zero-order chi connectivity index (χ0) is 18.8. The molecule has 3 aromatic rings. The lowest BCUT2D eigenvalue weighted by Crippen LogP contribution is -2.44. The molecule has 0 amide bonds. The zero-order valence-corrected chi connectivity index (χ0v) is 16.3. The van der Waals surface area contributed by atoms with E-state index in [1.807, 2.05) is 6.07 Å². The van der Waals surface area contributed by atoms with Crippen molar-refractivity contribution in [3.05, 3.63) is 54.2 Å². The molecule has 0 N–H and O–H groups in total. The molecule has 0 unspecified atom stereocenters. The minimum Gasteiger partial charge on any atom is -0.484 e. The summed E-state index contributed by atoms with van der Waals surface area (Å²) in [6.07, 6.45) is 1.79. The van der Waals surface area contributed by atoms with Crippen molar-refractivity contribution in [3.63, 3.8) is 0 Å². The predicted octanol–water partition coefficient (Wildman–Crippen LogP) is 4.28. The molecule has 0 spiro atoms. The number of benzene rings is 2. The number of ether oxygens (including phenoxy) is 1. The van der Waals surface area contributed by atoms with Crippen molar-refractivity contribution in [1.29, 1.82) is 0 Å². The Labute approximate surface area is 160 Å². The van der Waals surface area contributed by atoms with Gasteiger partial charge in [-0.05, 0) is 30.6 Å². The lowest BCUT2D eigenvalue weighted by Gasteiger charge is -2.34. The van der Waals surface area contributed by atoms with Gasteiger partial charge in [-0.25, -0.2) is 4.98 Å². The van der Waals surface area contributed by atoms with Crippen molar-refractivity contribution in [2.24, 2.45) is 0 Å². The first kappa shape index (κ1) is 17.9. The molecule has 0 radical (unpaired) electrons. The Morgan fingerprint density at radius 2 is 1.93 bits per heavy atom. The number of fused-ring (bicyclic) bond motifs is 1. The van der Waals surface area contributed by atoms with Gasteiger partial charge in [0.05, 0.1) is 6.20 Å². The fourth-order valence-electron chi connectivity index (χ4n) is 3.45. The van der Waals surface area contributed by atoms with Crippen LogP contribution in [-0.4, -0.2) is 43.1 Å². The molecule has 1 saturated heterocycles. The van der Waals surface area contributed by atoms with Gasteiger partial charge in [-0.1, -0.05) is 32.0 Å². The van der Waals surface area contributed by atoms with E-state index in [4.69, 9.17) is 9.15 Å². The molecule has 0 atom stereocenters. The number of nitrogens with zero attached hydrogens (tertiary/aromatic N) is 3. The van der Waals surface area contributed by atoms with Crippen LogP contribution in [0.5, 0.6) is 5.75 Å². The lowest BCUT2D eigenvalue weighted by molar-refractivity contribution is 0.258. The molecule has 5 nitrogen and oxygen atoms in total. The number of anilines is 1. The van der Waals surface area contributed by atoms with Gasteiger partial charge in [-0.2, -0.15) is 0 Å². The van der Waals surface area contributed by atoms with Crippen molar-refractivity contribution in [3.8, 4) is 5.75 Å². The second-order valence-electron chi connectivity index (χ2n) is 7.55. The van der Waals surface area contributed by atoms with Crippen LogP contribution in [0, 0.1) is 0 Å². The Kier molecular flexibility index (Phi) is 5.03. The van der Waals surface area contributed by atoms with Gasteiger partial charge in [0.25, 0.3) is 0 Å². The maximum Gasteiger partial charge on any atom is 0.232 e. The van der Waals surface area contributed by atoms with Crippen LogP contribution >= 0.6 is 0 Å². The minimum atomic E-state index is 0.332. The quantitative estimate of drug-likeness (QED) is 0.675. The van der Waals surface area contributed by atoms with Gasteiger partial charge >= 0.3 is 0 Å². The smallest absolute Gasteiger partial charge is 0.232 e. The summed E-state index contributed by atoms with van der Waals surface area (Å²) in [4.78, 5) is 9.15. The fourth-order valence-corrected chi connectivity index (χ4v) is 3.45. The highest BCUT2D eigenvalue weighted by atomic mass is 16.5. The van der Waals surface area contributed by atoms with E-state index < -0.39 is 0 Å². The van der Waals surface area contributed by atoms with E-state index in [0.29, 0.717) is 18.4 Å². The van der Waals surface area contributed by atoms with Crippen LogP contribution in [0.15, 0.2) is 47.0 Å². The molecule has 2 heterocycles. The second kappa shape index (κ2) is 7.61. The van der Waals surface area contributed by atoms with Crippen molar-refractivity contribution >= 4 is 16.5 Å². The van der Waals surface area contributed by atoms with Crippen LogP contribution in [0.3, 0.4) is 0 Å². The molecule has 27 heavy (non-hydrogen) atoms. The van der Waals surface area contributed by atoms with Gasteiger partial charge in [0.15, 0.2) is 6.61 Å². The van der Waals surface area contributed by atoms with Crippen LogP contribution in [0.4, 0.5) is 5.69 Å². The van der Waals surface area contributed by atoms with E-state index >= 15 is 0 Å². The highest BCUT2D eigenvalue weighted by Gasteiger charge is 2.16. The summed E-state index contributed by atoms with van der Waals surface area (Å²) in [5.41, 5.74) is 1.28. The van der Waals surface area contributed by atoms with Gasteiger partial charge < -0.3 is 19.0 Å². The number of aromatic nitrogens is 1. The Hall–Kier alpha value is -2.53. The van der Waals surface area contributed by atoms with Crippen molar-refractivity contribution in [2.75, 3.05) is 38.1 Å². The zero-order valence-electron chi connectivity index (χ0n) is 16.3. The second-order valence-corrected chi connectivity index (χ2v) is 7.55. The van der Waals surface area contributed by atoms with Gasteiger partial charge in [-0.3, -0.25) is 0 Å². The number of likely N-dealkylation sites (N-methyl/N-ethyl adjacent to an activating group) is 1. The Balaban J connectivity index is 1.54. The third-order valence-electron chi connectivity index (χ3n) is 5.18. The first-order valence-corrected chi connectivity index (χ1v) is 9.64. The molecule has 2 aromatic carbocycles. The summed E-state index contributed by atoms with van der Waals surface area (Å²) in [5, 5.41) is 2.46. The van der Waals surface area contributed by atoms with E-state index in [0.717, 1.165) is 37.7 Å². The molecule has 0 saturated carbocycles. The third kappa shape index (κ3) is 3.93. The monoisotopic (exact) mass is 365 g/mol. The van der Waals surface area contributed by atoms with E-state index in [-0.39, 0.29) is 0 Å². The van der Waals surface area contributed by atoms with Crippen molar-refractivity contribution in [2.45, 2.75) is 26.4 Å². The number of rotatable bonds is 5. The molecule has 142 valence electrons. The van der Waals surface area contributed by atoms with Crippen molar-refractivity contribution in [1.82, 2.24) is 9.88 Å². The van der Waals surface area contributed by atoms with Crippen molar-refractivity contribution < 1.29 is 9.15 Å². The van der Waals surface area contributed by atoms with E-state index in [1.54, 1.807) is 6.20 Å². The molecular formula is C22H27N3O2. The van der Waals surface area contributed by atoms with E-state index in [9.17, 15) is 0 Å². The summed E-state index contributed by atoms with van der Waals surface area (Å²) < 4.78 is 11.7. The Morgan fingerprint density at radius 1 is 1.11 bits per heavy atom. The van der Waals surface area contributed by atoms with Gasteiger partial charge in [0, 0.05) is 43.2 Å². The molecule has 1 aliphatic heterocycles. The van der Waals surface area contributed by atoms with Crippen LogP contribution in [0.25, 0.3) is 10.8 Å². The summed E-state index contributed by atoms with van der Waals surface area (Å²) >= 11 is 0. The molecule has 1 aromatic heterocycles. The van der Waals surface area contributed by atoms with E-state index in [2.05, 4.69) is 66.0 Å². The fraction of sp³-hybridized carbons (Fsp3) is 0.409. The number of piperazine rings is 1. The summed E-state index contributed by atoms with van der Waals surface area (Å²) in [5.74, 6) is 2.68. The predicted molar refractivity (Wildman–Crippen MR) is 109 cm³/mol. The maximum atomic E-state index is 5.97. The largest absolute Gasteiger partial charge is 0.484 e. The first-order valence-electron chi connectivity index (χ1n) is 9.64. The van der Waals surface area contributed by atoms with Crippen LogP contribution in [-0.2, 0) is 6.61 Å². The molecular weight excluding hydrogens is 338 g/mol. The average Bonchev–Trinajstić information content (AvgIpc) is 3.16. The molecule has 0 aliphatic carbocycles. The normalized spacial score (nSPS) is 15.6. The number of hydrogen-bond acceptors (Lipinski definition) is 5. The van der Waals surface area contributed by atoms with Gasteiger partial charge in [0.1, 0.15) is 11.5 Å². The van der Waals surface area contributed by atoms with Crippen LogP contribution < -0.4 is 9.64 Å². The van der Waals surface area contributed by atoms with E-state index in [1.165, 1.54) is 16.5 Å². The average molecular weight is 365 g/mol. The number of oxazole rings is 1. The molecule has 5 heteroatoms. The summed E-state index contributed by atoms with van der Waals surface area (Å²) in [7, 11) is 2.18. The van der Waals surface area contributed by atoms with Gasteiger partial charge in [-0.15, -0.1) is 0 Å². The number of hydrogen-bond donors (Lipinski definition) is 0. The van der Waals surface area contributed by atoms with Crippen LogP contribution in [0.1, 0.15) is 31.4 Å². The summed E-state index contributed by atoms with van der Waals surface area (Å²) in [6.45, 7) is 8.81. The summed E-state index contributed by atoms with van der Waals surface area (Å²) in [6, 6.07) is 12.8. The molecule has 1 aliphatic rings. The standard InChI is InChI=1S/C22H27N3O2/c1-16(2)21-14-23-22(27-21)15-26-18-8-7-17-5-4-6-20(19(17)13-18)25-11-9-24(3)10-12-25/h4-8,13-14,16H,9-12,15H2,1-3H3. The topological polar surface area (TPSA) is 41.7 Å². The Bertz CT molecular complexity index is 911. The molecule has 4 rings (SSSR count). The minimum absolute atomic E-state index is 0.332.